The highest BCUT2D eigenvalue weighted by Crippen LogP contribution is 2.37. The number of ether oxygens (including phenoxy) is 2. The number of carboxylic acids is 1. The first kappa shape index (κ1) is 27.9. The molecule has 0 bridgehead atoms. The Hall–Kier alpha value is -3.65. The van der Waals surface area contributed by atoms with E-state index in [1.807, 2.05) is 50.4 Å². The Kier molecular flexibility index (Phi) is 8.26. The Labute approximate surface area is 245 Å². The van der Waals surface area contributed by atoms with Crippen LogP contribution in [-0.4, -0.2) is 20.8 Å². The molecule has 7 nitrogen and oxygen atoms in total. The molecule has 0 aliphatic rings. The highest BCUT2D eigenvalue weighted by atomic mass is 35.5. The van der Waals surface area contributed by atoms with E-state index in [1.165, 1.54) is 0 Å². The fourth-order valence-electron chi connectivity index (χ4n) is 4.45. The summed E-state index contributed by atoms with van der Waals surface area (Å²) in [5.41, 5.74) is 3.56. The highest BCUT2D eigenvalue weighted by molar-refractivity contribution is 6.40. The van der Waals surface area contributed by atoms with Crippen LogP contribution >= 0.6 is 34.8 Å². The number of hydrogen-bond donors (Lipinski definition) is 1. The molecule has 0 unspecified atom stereocenters. The molecule has 0 fully saturated rings. The number of rotatable bonds is 10. The normalized spacial score (nSPS) is 11.3. The minimum atomic E-state index is -0.943. The molecule has 10 heteroatoms. The minimum absolute atomic E-state index is 0.0821. The van der Waals surface area contributed by atoms with E-state index in [0.717, 1.165) is 22.0 Å². The number of carbonyl (C=O) groups is 1. The van der Waals surface area contributed by atoms with Crippen LogP contribution in [0.3, 0.4) is 0 Å². The number of carboxylic acid groups (broad SMARTS) is 1. The monoisotopic (exact) mass is 598 g/mol. The Bertz CT molecular complexity index is 1670. The van der Waals surface area contributed by atoms with Crippen LogP contribution in [0.2, 0.25) is 15.1 Å². The van der Waals surface area contributed by atoms with Crippen molar-refractivity contribution in [1.29, 1.82) is 0 Å². The summed E-state index contributed by atoms with van der Waals surface area (Å²) in [5.74, 6) is 0.853. The quantitative estimate of drug-likeness (QED) is 0.173. The van der Waals surface area contributed by atoms with Gasteiger partial charge >= 0.3 is 5.97 Å². The molecule has 206 valence electrons. The van der Waals surface area contributed by atoms with E-state index in [2.05, 4.69) is 9.72 Å². The van der Waals surface area contributed by atoms with Gasteiger partial charge in [0.1, 0.15) is 30.4 Å². The molecular weight excluding hydrogens is 575 g/mol. The van der Waals surface area contributed by atoms with Gasteiger partial charge in [-0.15, -0.1) is 0 Å². The molecule has 0 spiro atoms. The lowest BCUT2D eigenvalue weighted by atomic mass is 10.1. The molecule has 2 aromatic heterocycles. The van der Waals surface area contributed by atoms with Crippen molar-refractivity contribution in [2.24, 2.45) is 0 Å². The first-order chi connectivity index (χ1) is 19.2. The average molecular weight is 600 g/mol. The molecule has 0 atom stereocenters. The summed E-state index contributed by atoms with van der Waals surface area (Å²) in [7, 11) is 0. The molecule has 0 saturated heterocycles. The second-order valence-electron chi connectivity index (χ2n) is 9.57. The van der Waals surface area contributed by atoms with Gasteiger partial charge in [0.15, 0.2) is 5.75 Å². The number of benzene rings is 3. The first-order valence-corrected chi connectivity index (χ1v) is 13.6. The van der Waals surface area contributed by atoms with E-state index in [1.54, 1.807) is 30.3 Å². The van der Waals surface area contributed by atoms with Crippen LogP contribution < -0.4 is 9.47 Å². The zero-order chi connectivity index (χ0) is 28.4. The van der Waals surface area contributed by atoms with Gasteiger partial charge in [-0.25, -0.2) is 4.79 Å². The zero-order valence-corrected chi connectivity index (χ0v) is 23.9. The van der Waals surface area contributed by atoms with Gasteiger partial charge in [-0.05, 0) is 54.1 Å². The van der Waals surface area contributed by atoms with Crippen molar-refractivity contribution < 1.29 is 23.9 Å². The molecule has 0 aliphatic heterocycles. The summed E-state index contributed by atoms with van der Waals surface area (Å²) in [6.07, 6.45) is 1.97. The van der Waals surface area contributed by atoms with Crippen LogP contribution in [0.15, 0.2) is 71.4 Å². The number of aromatic carboxylic acids is 1. The largest absolute Gasteiger partial charge is 0.489 e. The lowest BCUT2D eigenvalue weighted by Gasteiger charge is -2.12. The van der Waals surface area contributed by atoms with Crippen LogP contribution in [-0.2, 0) is 19.8 Å². The Balaban J connectivity index is 1.32. The van der Waals surface area contributed by atoms with Gasteiger partial charge in [0.2, 0.25) is 0 Å². The molecule has 5 rings (SSSR count). The maximum Gasteiger partial charge on any atom is 0.335 e. The smallest absolute Gasteiger partial charge is 0.335 e. The third-order valence-corrected chi connectivity index (χ3v) is 7.17. The second-order valence-corrected chi connectivity index (χ2v) is 10.8. The standard InChI is InChI=1S/C30H25Cl3N2O5/c1-17(2)28-23(26(34-40-28)16-39-29-24(32)12-21(31)13-25(29)33)15-38-22-6-7-27-19(11-22)8-9-35(27)14-18-4-3-5-20(10-18)30(36)37/h3-13,17H,14-16H2,1-2H3,(H,36,37). The molecule has 5 aromatic rings. The molecule has 40 heavy (non-hydrogen) atoms. The summed E-state index contributed by atoms with van der Waals surface area (Å²) in [5, 5.41) is 15.5. The van der Waals surface area contributed by atoms with Crippen LogP contribution in [0.25, 0.3) is 10.9 Å². The van der Waals surface area contributed by atoms with Crippen molar-refractivity contribution in [2.45, 2.75) is 39.5 Å². The van der Waals surface area contributed by atoms with E-state index < -0.39 is 5.97 Å². The number of nitrogens with zero attached hydrogens (tertiary/aromatic N) is 2. The summed E-state index contributed by atoms with van der Waals surface area (Å²) < 4.78 is 19.8. The predicted molar refractivity (Wildman–Crippen MR) is 155 cm³/mol. The zero-order valence-electron chi connectivity index (χ0n) is 21.7. The van der Waals surface area contributed by atoms with Crippen molar-refractivity contribution in [3.8, 4) is 11.5 Å². The lowest BCUT2D eigenvalue weighted by Crippen LogP contribution is -2.05. The summed E-state index contributed by atoms with van der Waals surface area (Å²) >= 11 is 18.5. The Morgan fingerprint density at radius 2 is 1.77 bits per heavy atom. The molecule has 0 saturated carbocycles. The van der Waals surface area contributed by atoms with Crippen LogP contribution in [0.4, 0.5) is 0 Å². The number of fused-ring (bicyclic) bond motifs is 1. The van der Waals surface area contributed by atoms with Gasteiger partial charge in [0.25, 0.3) is 0 Å². The van der Waals surface area contributed by atoms with Crippen LogP contribution in [0.1, 0.15) is 52.7 Å². The number of aromatic nitrogens is 2. The molecule has 0 radical (unpaired) electrons. The number of halogens is 3. The Morgan fingerprint density at radius 3 is 2.50 bits per heavy atom. The lowest BCUT2D eigenvalue weighted by molar-refractivity contribution is 0.0696. The second kappa shape index (κ2) is 11.8. The molecule has 0 aliphatic carbocycles. The molecule has 1 N–H and O–H groups in total. The van der Waals surface area contributed by atoms with Crippen molar-refractivity contribution >= 4 is 51.7 Å². The Morgan fingerprint density at radius 1 is 1.00 bits per heavy atom. The van der Waals surface area contributed by atoms with E-state index in [4.69, 9.17) is 48.8 Å². The molecular formula is C30H25Cl3N2O5. The highest BCUT2D eigenvalue weighted by Gasteiger charge is 2.21. The van der Waals surface area contributed by atoms with Crippen molar-refractivity contribution in [3.63, 3.8) is 0 Å². The average Bonchev–Trinajstić information content (AvgIpc) is 3.50. The predicted octanol–water partition coefficient (Wildman–Crippen LogP) is 8.62. The van der Waals surface area contributed by atoms with Crippen molar-refractivity contribution in [2.75, 3.05) is 0 Å². The van der Waals surface area contributed by atoms with Crippen molar-refractivity contribution in [1.82, 2.24) is 9.72 Å². The van der Waals surface area contributed by atoms with Crippen LogP contribution in [0.5, 0.6) is 11.5 Å². The third-order valence-electron chi connectivity index (χ3n) is 6.39. The molecule has 2 heterocycles. The van der Waals surface area contributed by atoms with Gasteiger partial charge in [-0.3, -0.25) is 0 Å². The fraction of sp³-hybridized carbons (Fsp3) is 0.200. The van der Waals surface area contributed by atoms with E-state index in [9.17, 15) is 9.90 Å². The topological polar surface area (TPSA) is 86.7 Å². The van der Waals surface area contributed by atoms with Gasteiger partial charge in [-0.1, -0.05) is 65.9 Å². The first-order valence-electron chi connectivity index (χ1n) is 12.5. The minimum Gasteiger partial charge on any atom is -0.489 e. The summed E-state index contributed by atoms with van der Waals surface area (Å²) in [6, 6.07) is 17.9. The molecule has 3 aromatic carbocycles. The number of hydrogen-bond acceptors (Lipinski definition) is 5. The van der Waals surface area contributed by atoms with Gasteiger partial charge in [-0.2, -0.15) is 0 Å². The fourth-order valence-corrected chi connectivity index (χ4v) is 5.37. The third kappa shape index (κ3) is 6.07. The summed E-state index contributed by atoms with van der Waals surface area (Å²) in [6.45, 7) is 4.90. The van der Waals surface area contributed by atoms with E-state index in [0.29, 0.717) is 44.6 Å². The maximum atomic E-state index is 11.3. The molecule has 0 amide bonds. The summed E-state index contributed by atoms with van der Waals surface area (Å²) in [4.78, 5) is 11.3. The van der Waals surface area contributed by atoms with Gasteiger partial charge in [0.05, 0.1) is 21.2 Å². The van der Waals surface area contributed by atoms with Crippen LogP contribution in [0, 0.1) is 0 Å². The van der Waals surface area contributed by atoms with E-state index >= 15 is 0 Å². The van der Waals surface area contributed by atoms with Gasteiger partial charge < -0.3 is 23.7 Å². The van der Waals surface area contributed by atoms with Gasteiger partial charge in [0, 0.05) is 34.6 Å². The van der Waals surface area contributed by atoms with Crippen molar-refractivity contribution in [3.05, 3.63) is 110 Å². The van der Waals surface area contributed by atoms with E-state index in [-0.39, 0.29) is 24.7 Å². The SMILES string of the molecule is CC(C)c1onc(COc2c(Cl)cc(Cl)cc2Cl)c1COc1ccc2c(ccn2Cc2cccc(C(=O)O)c2)c1. The maximum absolute atomic E-state index is 11.3.